The van der Waals surface area contributed by atoms with Crippen molar-refractivity contribution in [3.63, 3.8) is 0 Å². The highest BCUT2D eigenvalue weighted by atomic mass is 16.5. The van der Waals surface area contributed by atoms with Gasteiger partial charge in [-0.15, -0.1) is 0 Å². The Morgan fingerprint density at radius 1 is 0.531 bits per heavy atom. The third kappa shape index (κ3) is 2.56. The van der Waals surface area contributed by atoms with Crippen molar-refractivity contribution in [3.05, 3.63) is 102 Å². The summed E-state index contributed by atoms with van der Waals surface area (Å²) in [4.78, 5) is 24.8. The number of fused-ring (bicyclic) bond motifs is 2. The Bertz CT molecular complexity index is 1660. The fourth-order valence-corrected chi connectivity index (χ4v) is 4.73. The van der Waals surface area contributed by atoms with E-state index >= 15 is 0 Å². The molecule has 152 valence electrons. The molecule has 0 aliphatic carbocycles. The number of carboxylic acids is 1. The lowest BCUT2D eigenvalue weighted by molar-refractivity contribution is 0.0696. The van der Waals surface area contributed by atoms with Crippen LogP contribution in [0.4, 0.5) is 0 Å². The Morgan fingerprint density at radius 2 is 1.03 bits per heavy atom. The zero-order chi connectivity index (χ0) is 21.8. The molecule has 6 aromatic carbocycles. The molecule has 0 spiro atoms. The highest BCUT2D eigenvalue weighted by Gasteiger charge is 2.20. The van der Waals surface area contributed by atoms with Crippen molar-refractivity contribution >= 4 is 55.0 Å². The maximum Gasteiger partial charge on any atom is 0.344 e. The molecule has 0 atom stereocenters. The largest absolute Gasteiger partial charge is 0.478 e. The average Bonchev–Trinajstić information content (AvgIpc) is 2.82. The number of rotatable bonds is 3. The van der Waals surface area contributed by atoms with Crippen molar-refractivity contribution in [2.24, 2.45) is 0 Å². The molecule has 6 rings (SSSR count). The molecule has 1 N–H and O–H groups in total. The minimum absolute atomic E-state index is 0.282. The van der Waals surface area contributed by atoms with E-state index in [0.717, 1.165) is 37.7 Å². The quantitative estimate of drug-likeness (QED) is 0.152. The molecule has 0 saturated carbocycles. The third-order valence-electron chi connectivity index (χ3n) is 6.07. The summed E-state index contributed by atoms with van der Waals surface area (Å²) in [6.07, 6.45) is 0. The average molecular weight is 416 g/mol. The van der Waals surface area contributed by atoms with Gasteiger partial charge in [0.1, 0.15) is 5.75 Å². The fourth-order valence-electron chi connectivity index (χ4n) is 4.73. The summed E-state index contributed by atoms with van der Waals surface area (Å²) >= 11 is 0. The van der Waals surface area contributed by atoms with Gasteiger partial charge in [0, 0.05) is 0 Å². The zero-order valence-corrected chi connectivity index (χ0v) is 16.8. The number of benzene rings is 6. The van der Waals surface area contributed by atoms with Gasteiger partial charge in [0.2, 0.25) is 0 Å². The molecule has 0 aliphatic heterocycles. The van der Waals surface area contributed by atoms with Crippen molar-refractivity contribution in [1.82, 2.24) is 0 Å². The maximum atomic E-state index is 13.0. The van der Waals surface area contributed by atoms with Gasteiger partial charge in [0.25, 0.3) is 0 Å². The number of ether oxygens (including phenoxy) is 1. The van der Waals surface area contributed by atoms with Gasteiger partial charge in [-0.25, -0.2) is 9.59 Å². The smallest absolute Gasteiger partial charge is 0.344 e. The summed E-state index contributed by atoms with van der Waals surface area (Å²) in [6.45, 7) is 0. The van der Waals surface area contributed by atoms with E-state index in [-0.39, 0.29) is 5.56 Å². The van der Waals surface area contributed by atoms with Gasteiger partial charge >= 0.3 is 11.9 Å². The summed E-state index contributed by atoms with van der Waals surface area (Å²) in [6, 6.07) is 27.9. The van der Waals surface area contributed by atoms with Gasteiger partial charge in [0.05, 0.1) is 11.1 Å². The van der Waals surface area contributed by atoms with Gasteiger partial charge in [-0.1, -0.05) is 66.7 Å². The summed E-state index contributed by atoms with van der Waals surface area (Å²) in [5.74, 6) is -0.865. The van der Waals surface area contributed by atoms with Crippen molar-refractivity contribution in [3.8, 4) is 5.75 Å². The standard InChI is InChI=1S/C28H16O4/c29-27(30)23-14-12-21-18-9-5-11-20-24(28(31)32-16-6-2-1-3-7-16)15-13-22(26(18)20)17-8-4-10-19(23)25(17)21/h1-15H,(H,29,30). The molecule has 0 amide bonds. The summed E-state index contributed by atoms with van der Waals surface area (Å²) < 4.78 is 5.60. The van der Waals surface area contributed by atoms with E-state index in [4.69, 9.17) is 4.74 Å². The first kappa shape index (κ1) is 18.3. The maximum absolute atomic E-state index is 13.0. The van der Waals surface area contributed by atoms with E-state index in [1.165, 1.54) is 0 Å². The lowest BCUT2D eigenvalue weighted by atomic mass is 9.87. The molecule has 4 nitrogen and oxygen atoms in total. The molecule has 32 heavy (non-hydrogen) atoms. The Hall–Kier alpha value is -4.44. The van der Waals surface area contributed by atoms with E-state index in [9.17, 15) is 14.7 Å². The summed E-state index contributed by atoms with van der Waals surface area (Å²) in [5, 5.41) is 17.0. The number of aromatic carboxylic acids is 1. The Balaban J connectivity index is 1.68. The molecule has 0 unspecified atom stereocenters. The van der Waals surface area contributed by atoms with Crippen LogP contribution in [0, 0.1) is 0 Å². The van der Waals surface area contributed by atoms with Crippen molar-refractivity contribution in [1.29, 1.82) is 0 Å². The lowest BCUT2D eigenvalue weighted by Crippen LogP contribution is -2.09. The summed E-state index contributed by atoms with van der Waals surface area (Å²) in [5.41, 5.74) is 0.775. The van der Waals surface area contributed by atoms with Crippen LogP contribution in [-0.2, 0) is 0 Å². The van der Waals surface area contributed by atoms with E-state index < -0.39 is 11.9 Å². The van der Waals surface area contributed by atoms with Gasteiger partial charge in [-0.05, 0) is 67.4 Å². The second kappa shape index (κ2) is 6.79. The van der Waals surface area contributed by atoms with Crippen molar-refractivity contribution < 1.29 is 19.4 Å². The molecule has 0 radical (unpaired) electrons. The van der Waals surface area contributed by atoms with Crippen molar-refractivity contribution in [2.45, 2.75) is 0 Å². The zero-order valence-electron chi connectivity index (χ0n) is 16.8. The van der Waals surface area contributed by atoms with Gasteiger partial charge in [-0.2, -0.15) is 0 Å². The van der Waals surface area contributed by atoms with Crippen LogP contribution in [-0.4, -0.2) is 17.0 Å². The predicted molar refractivity (Wildman–Crippen MR) is 126 cm³/mol. The Morgan fingerprint density at radius 3 is 1.62 bits per heavy atom. The first-order chi connectivity index (χ1) is 15.6. The van der Waals surface area contributed by atoms with E-state index in [0.29, 0.717) is 16.7 Å². The number of carbonyl (C=O) groups is 2. The Kier molecular flexibility index (Phi) is 3.89. The molecule has 0 bridgehead atoms. The normalized spacial score (nSPS) is 11.5. The van der Waals surface area contributed by atoms with Gasteiger partial charge < -0.3 is 9.84 Å². The molecule has 4 heteroatoms. The lowest BCUT2D eigenvalue weighted by Gasteiger charge is -2.16. The van der Waals surface area contributed by atoms with Crippen LogP contribution in [0.25, 0.3) is 43.1 Å². The monoisotopic (exact) mass is 416 g/mol. The molecular formula is C28H16O4. The number of hydrogen-bond donors (Lipinski definition) is 1. The minimum atomic E-state index is -0.947. The SMILES string of the molecule is O=C(O)c1ccc2c3cccc4c(C(=O)Oc5ccccc5)ccc(c5cccc1c25)c43. The number of hydrogen-bond acceptors (Lipinski definition) is 3. The van der Waals surface area contributed by atoms with Crippen LogP contribution in [0.5, 0.6) is 5.75 Å². The molecule has 0 saturated heterocycles. The van der Waals surface area contributed by atoms with Crippen LogP contribution in [0.3, 0.4) is 0 Å². The molecule has 0 aromatic heterocycles. The molecule has 6 aromatic rings. The number of carboxylic acid groups (broad SMARTS) is 1. The van der Waals surface area contributed by atoms with Crippen molar-refractivity contribution in [2.75, 3.05) is 0 Å². The highest BCUT2D eigenvalue weighted by molar-refractivity contribution is 6.35. The summed E-state index contributed by atoms with van der Waals surface area (Å²) in [7, 11) is 0. The van der Waals surface area contributed by atoms with Crippen LogP contribution < -0.4 is 4.74 Å². The number of esters is 1. The second-order valence-electron chi connectivity index (χ2n) is 7.79. The predicted octanol–water partition coefficient (Wildman–Crippen LogP) is 6.65. The second-order valence-corrected chi connectivity index (χ2v) is 7.79. The molecule has 0 heterocycles. The number of para-hydroxylation sites is 1. The van der Waals surface area contributed by atoms with E-state index in [1.54, 1.807) is 24.3 Å². The molecular weight excluding hydrogens is 400 g/mol. The topological polar surface area (TPSA) is 63.6 Å². The van der Waals surface area contributed by atoms with Gasteiger partial charge in [-0.3, -0.25) is 0 Å². The van der Waals surface area contributed by atoms with E-state index in [2.05, 4.69) is 0 Å². The van der Waals surface area contributed by atoms with Crippen LogP contribution >= 0.6 is 0 Å². The molecule has 0 fully saturated rings. The Labute approximate surface area is 182 Å². The first-order valence-electron chi connectivity index (χ1n) is 10.3. The first-order valence-corrected chi connectivity index (χ1v) is 10.3. The van der Waals surface area contributed by atoms with E-state index in [1.807, 2.05) is 66.7 Å². The van der Waals surface area contributed by atoms with Crippen LogP contribution in [0.1, 0.15) is 20.7 Å². The molecule has 0 aliphatic rings. The minimum Gasteiger partial charge on any atom is -0.478 e. The van der Waals surface area contributed by atoms with Crippen LogP contribution in [0.2, 0.25) is 0 Å². The fraction of sp³-hybridized carbons (Fsp3) is 0. The highest BCUT2D eigenvalue weighted by Crippen LogP contribution is 2.42. The van der Waals surface area contributed by atoms with Gasteiger partial charge in [0.15, 0.2) is 0 Å². The third-order valence-corrected chi connectivity index (χ3v) is 6.07. The van der Waals surface area contributed by atoms with Crippen LogP contribution in [0.15, 0.2) is 91.0 Å². The number of carbonyl (C=O) groups excluding carboxylic acids is 1.